The van der Waals surface area contributed by atoms with E-state index in [1.807, 2.05) is 0 Å². The largest absolute Gasteiger partial charge is 0.505 e. The number of hydrogen-bond acceptors (Lipinski definition) is 5. The molecule has 0 fully saturated rings. The van der Waals surface area contributed by atoms with Crippen LogP contribution in [-0.2, 0) is 0 Å². The molecule has 0 bridgehead atoms. The van der Waals surface area contributed by atoms with E-state index in [0.717, 1.165) is 0 Å². The van der Waals surface area contributed by atoms with E-state index >= 15 is 0 Å². The molecule has 7 nitrogen and oxygen atoms in total. The number of aromatic hydroxyl groups is 1. The normalized spacial score (nSPS) is 10.6. The van der Waals surface area contributed by atoms with Crippen LogP contribution in [-0.4, -0.2) is 56.8 Å². The highest BCUT2D eigenvalue weighted by atomic mass is 35.5. The van der Waals surface area contributed by atoms with Crippen LogP contribution in [0, 0.1) is 0 Å². The Labute approximate surface area is 185 Å². The maximum Gasteiger partial charge on any atom is 0.340 e. The number of pyridine rings is 1. The van der Waals surface area contributed by atoms with Crippen molar-refractivity contribution in [1.82, 2.24) is 9.88 Å². The smallest absolute Gasteiger partial charge is 0.340 e. The molecule has 0 spiro atoms. The number of para-hydroxylation sites is 1. The zero-order valence-corrected chi connectivity index (χ0v) is 18.3. The molecule has 0 unspecified atom stereocenters. The average molecular weight is 445 g/mol. The summed E-state index contributed by atoms with van der Waals surface area (Å²) in [6.45, 7) is 10.1. The summed E-state index contributed by atoms with van der Waals surface area (Å²) in [7, 11) is 0. The van der Waals surface area contributed by atoms with Gasteiger partial charge in [-0.3, -0.25) is 0 Å². The van der Waals surface area contributed by atoms with Gasteiger partial charge in [0, 0.05) is 16.0 Å². The number of benzene rings is 2. The Kier molecular flexibility index (Phi) is 8.36. The van der Waals surface area contributed by atoms with Crippen molar-refractivity contribution < 1.29 is 24.9 Å². The summed E-state index contributed by atoms with van der Waals surface area (Å²) in [6.07, 6.45) is 0. The second kappa shape index (κ2) is 10.7. The molecule has 164 valence electrons. The Balaban J connectivity index is 0.000000423. The molecule has 3 N–H and O–H groups in total. The molecule has 0 aliphatic rings. The van der Waals surface area contributed by atoms with E-state index < -0.39 is 23.3 Å². The number of aromatic carboxylic acids is 2. The molecule has 0 saturated heterocycles. The molecule has 3 rings (SSSR count). The van der Waals surface area contributed by atoms with Crippen LogP contribution in [0.5, 0.6) is 5.75 Å². The summed E-state index contributed by atoms with van der Waals surface area (Å²) >= 11 is 5.83. The van der Waals surface area contributed by atoms with Crippen molar-refractivity contribution in [2.24, 2.45) is 0 Å². The summed E-state index contributed by atoms with van der Waals surface area (Å²) in [6, 6.07) is 10.4. The number of carboxylic acid groups (broad SMARTS) is 2. The van der Waals surface area contributed by atoms with E-state index in [-0.39, 0.29) is 22.2 Å². The minimum Gasteiger partial charge on any atom is -0.505 e. The number of carboxylic acids is 2. The van der Waals surface area contributed by atoms with Crippen LogP contribution < -0.4 is 0 Å². The predicted octanol–water partition coefficient (Wildman–Crippen LogP) is 5.01. The molecule has 0 aliphatic heterocycles. The van der Waals surface area contributed by atoms with Crippen molar-refractivity contribution in [3.8, 4) is 17.0 Å². The third kappa shape index (κ3) is 5.51. The lowest BCUT2D eigenvalue weighted by molar-refractivity contribution is 0.0684. The predicted molar refractivity (Wildman–Crippen MR) is 121 cm³/mol. The van der Waals surface area contributed by atoms with Gasteiger partial charge in [0.15, 0.2) is 5.75 Å². The molecule has 2 aromatic carbocycles. The molecule has 3 aromatic rings. The van der Waals surface area contributed by atoms with E-state index in [4.69, 9.17) is 11.6 Å². The first-order valence-corrected chi connectivity index (χ1v) is 10.2. The van der Waals surface area contributed by atoms with Gasteiger partial charge in [-0.2, -0.15) is 0 Å². The lowest BCUT2D eigenvalue weighted by Crippen LogP contribution is -2.21. The van der Waals surface area contributed by atoms with Gasteiger partial charge in [0.25, 0.3) is 0 Å². The second-order valence-electron chi connectivity index (χ2n) is 6.62. The van der Waals surface area contributed by atoms with Gasteiger partial charge in [0.2, 0.25) is 0 Å². The van der Waals surface area contributed by atoms with Crippen LogP contribution in [0.2, 0.25) is 5.02 Å². The maximum absolute atomic E-state index is 11.6. The van der Waals surface area contributed by atoms with Crippen molar-refractivity contribution in [2.75, 3.05) is 19.6 Å². The minimum absolute atomic E-state index is 0.00912. The molecule has 0 amide bonds. The molecule has 1 heterocycles. The number of hydrogen-bond donors (Lipinski definition) is 3. The van der Waals surface area contributed by atoms with Crippen molar-refractivity contribution in [3.63, 3.8) is 0 Å². The Morgan fingerprint density at radius 3 is 1.97 bits per heavy atom. The fourth-order valence-electron chi connectivity index (χ4n) is 3.15. The Morgan fingerprint density at radius 2 is 1.52 bits per heavy atom. The van der Waals surface area contributed by atoms with E-state index in [1.165, 1.54) is 37.8 Å². The van der Waals surface area contributed by atoms with Crippen LogP contribution in [0.3, 0.4) is 0 Å². The fourth-order valence-corrected chi connectivity index (χ4v) is 3.27. The standard InChI is InChI=1S/C17H10ClNO5.C6H15N/c18-9-6-4-8(5-7-9)13-15(20)12(17(23)24)10-2-1-3-11(16(21)22)14(10)19-13;1-4-7(5-2)6-3/h1-7,20H,(H,21,22)(H,23,24);4-6H2,1-3H3. The van der Waals surface area contributed by atoms with Crippen molar-refractivity contribution >= 4 is 34.4 Å². The summed E-state index contributed by atoms with van der Waals surface area (Å²) < 4.78 is 0. The molecule has 31 heavy (non-hydrogen) atoms. The average Bonchev–Trinajstić information content (AvgIpc) is 2.75. The van der Waals surface area contributed by atoms with Gasteiger partial charge in [-0.15, -0.1) is 0 Å². The number of carbonyl (C=O) groups is 2. The second-order valence-corrected chi connectivity index (χ2v) is 7.06. The van der Waals surface area contributed by atoms with Crippen LogP contribution in [0.25, 0.3) is 22.2 Å². The molecule has 0 atom stereocenters. The Bertz CT molecular complexity index is 1070. The van der Waals surface area contributed by atoms with Crippen LogP contribution in [0.4, 0.5) is 0 Å². The third-order valence-corrected chi connectivity index (χ3v) is 5.15. The lowest BCUT2D eigenvalue weighted by atomic mass is 10.00. The summed E-state index contributed by atoms with van der Waals surface area (Å²) in [5.74, 6) is -3.14. The van der Waals surface area contributed by atoms with Crippen molar-refractivity contribution in [2.45, 2.75) is 20.8 Å². The van der Waals surface area contributed by atoms with Crippen LogP contribution in [0.15, 0.2) is 42.5 Å². The quantitative estimate of drug-likeness (QED) is 0.490. The fraction of sp³-hybridized carbons (Fsp3) is 0.261. The monoisotopic (exact) mass is 444 g/mol. The number of nitrogens with zero attached hydrogens (tertiary/aromatic N) is 2. The summed E-state index contributed by atoms with van der Waals surface area (Å²) in [5.41, 5.74) is -0.157. The molecule has 0 aliphatic carbocycles. The van der Waals surface area contributed by atoms with E-state index in [2.05, 4.69) is 30.7 Å². The molecule has 1 aromatic heterocycles. The van der Waals surface area contributed by atoms with Gasteiger partial charge < -0.3 is 20.2 Å². The van der Waals surface area contributed by atoms with Gasteiger partial charge >= 0.3 is 11.9 Å². The maximum atomic E-state index is 11.6. The number of halogens is 1. The van der Waals surface area contributed by atoms with E-state index in [9.17, 15) is 24.9 Å². The van der Waals surface area contributed by atoms with E-state index in [1.54, 1.807) is 24.3 Å². The molecular weight excluding hydrogens is 420 g/mol. The first-order valence-electron chi connectivity index (χ1n) is 9.85. The molecule has 0 saturated carbocycles. The SMILES string of the molecule is CCN(CC)CC.O=C(O)c1c(O)c(-c2ccc(Cl)cc2)nc2c(C(=O)O)cccc12. The highest BCUT2D eigenvalue weighted by Crippen LogP contribution is 2.36. The third-order valence-electron chi connectivity index (χ3n) is 4.89. The van der Waals surface area contributed by atoms with Gasteiger partial charge in [0.1, 0.15) is 11.3 Å². The minimum atomic E-state index is -1.38. The van der Waals surface area contributed by atoms with Gasteiger partial charge in [-0.25, -0.2) is 14.6 Å². The highest BCUT2D eigenvalue weighted by molar-refractivity contribution is 6.30. The van der Waals surface area contributed by atoms with Crippen molar-refractivity contribution in [1.29, 1.82) is 0 Å². The zero-order chi connectivity index (χ0) is 23.1. The van der Waals surface area contributed by atoms with Crippen molar-refractivity contribution in [3.05, 3.63) is 58.6 Å². The zero-order valence-electron chi connectivity index (χ0n) is 17.6. The van der Waals surface area contributed by atoms with Gasteiger partial charge in [-0.05, 0) is 37.8 Å². The first kappa shape index (κ1) is 24.1. The molecule has 8 heteroatoms. The Morgan fingerprint density at radius 1 is 0.935 bits per heavy atom. The Hall–Kier alpha value is -3.16. The first-order chi connectivity index (χ1) is 14.7. The van der Waals surface area contributed by atoms with E-state index in [0.29, 0.717) is 10.6 Å². The number of aromatic nitrogens is 1. The lowest BCUT2D eigenvalue weighted by Gasteiger charge is -2.13. The molecule has 0 radical (unpaired) electrons. The highest BCUT2D eigenvalue weighted by Gasteiger charge is 2.23. The van der Waals surface area contributed by atoms with Crippen LogP contribution >= 0.6 is 11.6 Å². The summed E-state index contributed by atoms with van der Waals surface area (Å²) in [5, 5.41) is 29.7. The topological polar surface area (TPSA) is 111 Å². The number of rotatable bonds is 6. The molecular formula is C23H25ClN2O5. The van der Waals surface area contributed by atoms with Gasteiger partial charge in [0.05, 0.1) is 11.1 Å². The summed E-state index contributed by atoms with van der Waals surface area (Å²) in [4.78, 5) is 29.6. The van der Waals surface area contributed by atoms with Gasteiger partial charge in [-0.1, -0.05) is 56.6 Å². The van der Waals surface area contributed by atoms with Crippen LogP contribution in [0.1, 0.15) is 41.5 Å². The number of fused-ring (bicyclic) bond motifs is 1.